The summed E-state index contributed by atoms with van der Waals surface area (Å²) in [7, 11) is 2.10. The third-order valence-electron chi connectivity index (χ3n) is 6.22. The molecule has 2 saturated heterocycles. The van der Waals surface area contributed by atoms with E-state index < -0.39 is 0 Å². The Morgan fingerprint density at radius 1 is 1.16 bits per heavy atom. The number of carbonyl (C=O) groups excluding carboxylic acids is 1. The summed E-state index contributed by atoms with van der Waals surface area (Å²) in [4.78, 5) is 21.5. The minimum atomic E-state index is -0.331. The molecular weight excluding hydrogens is 397 g/mol. The van der Waals surface area contributed by atoms with Crippen LogP contribution in [0.15, 0.2) is 54.6 Å². The number of nitrogens with zero attached hydrogens (tertiary/aromatic N) is 4. The average molecular weight is 421 g/mol. The molecule has 0 saturated carbocycles. The Morgan fingerprint density at radius 2 is 1.90 bits per heavy atom. The summed E-state index contributed by atoms with van der Waals surface area (Å²) in [6.07, 6.45) is 0. The Hall–Kier alpha value is -3.26. The number of ether oxygens (including phenoxy) is 1. The topological polar surface area (TPSA) is 74.4 Å². The molecule has 2 aliphatic rings. The van der Waals surface area contributed by atoms with Crippen molar-refractivity contribution in [1.82, 2.24) is 25.0 Å². The van der Waals surface area contributed by atoms with Crippen molar-refractivity contribution in [3.05, 3.63) is 66.2 Å². The SMILES string of the molecule is CN1CC(c2nc(-c3ccccc3)n[nH]2)C2(C1)CN(C(=O)COc1ccc(F)cc1)C2. The summed E-state index contributed by atoms with van der Waals surface area (Å²) in [5.41, 5.74) is 0.946. The number of aromatic nitrogens is 3. The first-order chi connectivity index (χ1) is 15.0. The number of benzene rings is 2. The molecule has 1 unspecified atom stereocenters. The maximum Gasteiger partial charge on any atom is 0.260 e. The zero-order chi connectivity index (χ0) is 21.4. The predicted octanol–water partition coefficient (Wildman–Crippen LogP) is 2.55. The number of H-pyrrole nitrogens is 1. The number of likely N-dealkylation sites (N-methyl/N-ethyl adjacent to an activating group) is 1. The van der Waals surface area contributed by atoms with Crippen LogP contribution in [0.5, 0.6) is 5.75 Å². The number of halogens is 1. The molecule has 1 spiro atoms. The highest BCUT2D eigenvalue weighted by Crippen LogP contribution is 2.48. The number of likely N-dealkylation sites (tertiary alicyclic amines) is 2. The van der Waals surface area contributed by atoms with Crippen LogP contribution in [0, 0.1) is 11.2 Å². The number of amides is 1. The van der Waals surface area contributed by atoms with E-state index in [1.165, 1.54) is 24.3 Å². The minimum absolute atomic E-state index is 0.0340. The van der Waals surface area contributed by atoms with E-state index in [1.54, 1.807) is 0 Å². The number of hydrogen-bond donors (Lipinski definition) is 1. The fourth-order valence-corrected chi connectivity index (χ4v) is 4.72. The molecule has 1 amide bonds. The maximum atomic E-state index is 13.0. The van der Waals surface area contributed by atoms with Gasteiger partial charge in [0.15, 0.2) is 12.4 Å². The van der Waals surface area contributed by atoms with E-state index in [2.05, 4.69) is 22.1 Å². The van der Waals surface area contributed by atoms with Crippen molar-refractivity contribution in [2.75, 3.05) is 39.8 Å². The van der Waals surface area contributed by atoms with E-state index in [-0.39, 0.29) is 29.7 Å². The van der Waals surface area contributed by atoms with Gasteiger partial charge in [0.2, 0.25) is 0 Å². The molecule has 2 aromatic carbocycles. The Labute approximate surface area is 179 Å². The first-order valence-corrected chi connectivity index (χ1v) is 10.3. The van der Waals surface area contributed by atoms with Crippen LogP contribution < -0.4 is 4.74 Å². The van der Waals surface area contributed by atoms with Crippen LogP contribution in [-0.4, -0.2) is 70.7 Å². The summed E-state index contributed by atoms with van der Waals surface area (Å²) in [5.74, 6) is 1.84. The van der Waals surface area contributed by atoms with Crippen molar-refractivity contribution < 1.29 is 13.9 Å². The zero-order valence-corrected chi connectivity index (χ0v) is 17.3. The predicted molar refractivity (Wildman–Crippen MR) is 113 cm³/mol. The second-order valence-corrected chi connectivity index (χ2v) is 8.51. The highest BCUT2D eigenvalue weighted by atomic mass is 19.1. The lowest BCUT2D eigenvalue weighted by molar-refractivity contribution is -0.145. The van der Waals surface area contributed by atoms with Crippen LogP contribution in [-0.2, 0) is 4.79 Å². The van der Waals surface area contributed by atoms with Gasteiger partial charge in [-0.15, -0.1) is 0 Å². The van der Waals surface area contributed by atoms with Gasteiger partial charge < -0.3 is 14.5 Å². The molecule has 3 heterocycles. The molecule has 0 bridgehead atoms. The van der Waals surface area contributed by atoms with Gasteiger partial charge >= 0.3 is 0 Å². The first-order valence-electron chi connectivity index (χ1n) is 10.3. The van der Waals surface area contributed by atoms with Crippen molar-refractivity contribution in [3.8, 4) is 17.1 Å². The molecule has 7 nitrogen and oxygen atoms in total. The summed E-state index contributed by atoms with van der Waals surface area (Å²) in [6, 6.07) is 15.6. The normalized spacial score (nSPS) is 20.1. The van der Waals surface area contributed by atoms with Gasteiger partial charge in [-0.3, -0.25) is 9.89 Å². The third-order valence-corrected chi connectivity index (χ3v) is 6.22. The molecule has 0 radical (unpaired) electrons. The summed E-state index contributed by atoms with van der Waals surface area (Å²) < 4.78 is 18.5. The number of nitrogens with one attached hydrogen (secondary N) is 1. The van der Waals surface area contributed by atoms with E-state index in [4.69, 9.17) is 9.72 Å². The van der Waals surface area contributed by atoms with Crippen LogP contribution in [0.4, 0.5) is 4.39 Å². The second-order valence-electron chi connectivity index (χ2n) is 8.51. The lowest BCUT2D eigenvalue weighted by atomic mass is 9.71. The van der Waals surface area contributed by atoms with Crippen LogP contribution in [0.2, 0.25) is 0 Å². The van der Waals surface area contributed by atoms with E-state index in [1.807, 2.05) is 35.2 Å². The van der Waals surface area contributed by atoms with Crippen molar-refractivity contribution in [3.63, 3.8) is 0 Å². The van der Waals surface area contributed by atoms with Gasteiger partial charge in [0, 0.05) is 43.1 Å². The standard InChI is InChI=1S/C23H24FN5O2/c1-28-11-19(22-25-21(26-27-22)16-5-3-2-4-6-16)23(13-28)14-29(15-23)20(30)12-31-18-9-7-17(24)8-10-18/h2-10,19H,11-15H2,1H3,(H,25,26,27). The quantitative estimate of drug-likeness (QED) is 0.685. The Balaban J connectivity index is 1.24. The summed E-state index contributed by atoms with van der Waals surface area (Å²) >= 11 is 0. The van der Waals surface area contributed by atoms with Gasteiger partial charge in [0.1, 0.15) is 17.4 Å². The number of aromatic amines is 1. The first kappa shape index (κ1) is 19.7. The molecule has 5 rings (SSSR count). The average Bonchev–Trinajstić information content (AvgIpc) is 3.37. The summed E-state index contributed by atoms with van der Waals surface area (Å²) in [6.45, 7) is 3.05. The van der Waals surface area contributed by atoms with Gasteiger partial charge in [-0.05, 0) is 31.3 Å². The molecule has 31 heavy (non-hydrogen) atoms. The molecule has 8 heteroatoms. The lowest BCUT2D eigenvalue weighted by Gasteiger charge is -2.50. The lowest BCUT2D eigenvalue weighted by Crippen LogP contribution is -2.62. The van der Waals surface area contributed by atoms with E-state index >= 15 is 0 Å². The minimum Gasteiger partial charge on any atom is -0.484 e. The van der Waals surface area contributed by atoms with Gasteiger partial charge in [-0.25, -0.2) is 9.37 Å². The van der Waals surface area contributed by atoms with Gasteiger partial charge in [0.25, 0.3) is 5.91 Å². The Morgan fingerprint density at radius 3 is 2.65 bits per heavy atom. The molecule has 2 aliphatic heterocycles. The van der Waals surface area contributed by atoms with Crippen LogP contribution in [0.25, 0.3) is 11.4 Å². The Bertz CT molecular complexity index is 1060. The monoisotopic (exact) mass is 421 g/mol. The number of carbonyl (C=O) groups is 1. The van der Waals surface area contributed by atoms with Crippen LogP contribution in [0.1, 0.15) is 11.7 Å². The zero-order valence-electron chi connectivity index (χ0n) is 17.3. The highest BCUT2D eigenvalue weighted by molar-refractivity contribution is 5.79. The molecular formula is C23H24FN5O2. The van der Waals surface area contributed by atoms with E-state index in [0.717, 1.165) is 24.5 Å². The van der Waals surface area contributed by atoms with Crippen molar-refractivity contribution in [2.45, 2.75) is 5.92 Å². The fraction of sp³-hybridized carbons (Fsp3) is 0.348. The largest absolute Gasteiger partial charge is 0.484 e. The van der Waals surface area contributed by atoms with Crippen LogP contribution in [0.3, 0.4) is 0 Å². The maximum absolute atomic E-state index is 13.0. The van der Waals surface area contributed by atoms with Crippen molar-refractivity contribution in [1.29, 1.82) is 0 Å². The van der Waals surface area contributed by atoms with E-state index in [9.17, 15) is 9.18 Å². The van der Waals surface area contributed by atoms with Crippen molar-refractivity contribution >= 4 is 5.91 Å². The van der Waals surface area contributed by atoms with E-state index in [0.29, 0.717) is 24.7 Å². The molecule has 2 fully saturated rings. The van der Waals surface area contributed by atoms with Gasteiger partial charge in [0.05, 0.1) is 0 Å². The Kier molecular flexibility index (Phi) is 4.94. The molecule has 1 aromatic heterocycles. The molecule has 0 aliphatic carbocycles. The third kappa shape index (κ3) is 3.79. The molecule has 160 valence electrons. The second kappa shape index (κ2) is 7.77. The molecule has 1 atom stereocenters. The smallest absolute Gasteiger partial charge is 0.260 e. The van der Waals surface area contributed by atoms with Gasteiger partial charge in [-0.1, -0.05) is 30.3 Å². The van der Waals surface area contributed by atoms with Crippen LogP contribution >= 0.6 is 0 Å². The highest BCUT2D eigenvalue weighted by Gasteiger charge is 2.56. The molecule has 3 aromatic rings. The fourth-order valence-electron chi connectivity index (χ4n) is 4.72. The summed E-state index contributed by atoms with van der Waals surface area (Å²) in [5, 5.41) is 7.56. The van der Waals surface area contributed by atoms with Crippen molar-refractivity contribution in [2.24, 2.45) is 5.41 Å². The molecule has 1 N–H and O–H groups in total. The van der Waals surface area contributed by atoms with Gasteiger partial charge in [-0.2, -0.15) is 5.10 Å². The number of rotatable bonds is 5. The number of hydrogen-bond acceptors (Lipinski definition) is 5.